The Kier molecular flexibility index (Phi) is 6.15. The van der Waals surface area contributed by atoms with Crippen molar-refractivity contribution in [3.8, 4) is 0 Å². The van der Waals surface area contributed by atoms with E-state index in [4.69, 9.17) is 0 Å². The van der Waals surface area contributed by atoms with Crippen LogP contribution in [0.5, 0.6) is 0 Å². The van der Waals surface area contributed by atoms with Crippen molar-refractivity contribution >= 4 is 21.9 Å². The molecule has 122 valence electrons. The Morgan fingerprint density at radius 1 is 1.24 bits per heavy atom. The van der Waals surface area contributed by atoms with Crippen LogP contribution in [0.25, 0.3) is 0 Å². The molecule has 1 fully saturated rings. The van der Waals surface area contributed by atoms with Gasteiger partial charge in [0, 0.05) is 19.0 Å². The fourth-order valence-electron chi connectivity index (χ4n) is 2.35. The number of rotatable bonds is 5. The summed E-state index contributed by atoms with van der Waals surface area (Å²) in [5, 5.41) is 2.71. The van der Waals surface area contributed by atoms with Gasteiger partial charge >= 0.3 is 5.97 Å². The minimum atomic E-state index is -3.20. The molecule has 0 aromatic heterocycles. The van der Waals surface area contributed by atoms with Crippen molar-refractivity contribution in [2.24, 2.45) is 11.8 Å². The van der Waals surface area contributed by atoms with Crippen LogP contribution in [0.2, 0.25) is 0 Å². The number of ether oxygens (including phenoxy) is 1. The van der Waals surface area contributed by atoms with E-state index >= 15 is 0 Å². The lowest BCUT2D eigenvalue weighted by Crippen LogP contribution is -2.49. The van der Waals surface area contributed by atoms with E-state index in [1.54, 1.807) is 0 Å². The minimum absolute atomic E-state index is 0.0718. The number of sulfonamides is 1. The minimum Gasteiger partial charge on any atom is -0.467 e. The monoisotopic (exact) mass is 320 g/mol. The summed E-state index contributed by atoms with van der Waals surface area (Å²) in [4.78, 5) is 23.8. The molecule has 0 aliphatic carbocycles. The molecule has 1 aliphatic rings. The van der Waals surface area contributed by atoms with E-state index in [2.05, 4.69) is 10.1 Å². The van der Waals surface area contributed by atoms with E-state index in [0.29, 0.717) is 25.9 Å². The zero-order chi connectivity index (χ0) is 16.2. The van der Waals surface area contributed by atoms with Crippen LogP contribution in [0.15, 0.2) is 0 Å². The highest BCUT2D eigenvalue weighted by molar-refractivity contribution is 7.88. The largest absolute Gasteiger partial charge is 0.467 e. The Labute approximate surface area is 126 Å². The fourth-order valence-corrected chi connectivity index (χ4v) is 3.22. The molecule has 21 heavy (non-hydrogen) atoms. The molecular formula is C13H24N2O5S. The van der Waals surface area contributed by atoms with Gasteiger partial charge in [0.25, 0.3) is 0 Å². The lowest BCUT2D eigenvalue weighted by molar-refractivity contribution is -0.147. The van der Waals surface area contributed by atoms with Crippen molar-refractivity contribution < 1.29 is 22.7 Å². The molecule has 0 spiro atoms. The molecule has 0 radical (unpaired) electrons. The number of nitrogens with one attached hydrogen (secondary N) is 1. The third-order valence-corrected chi connectivity index (χ3v) is 5.02. The van der Waals surface area contributed by atoms with Crippen molar-refractivity contribution in [1.29, 1.82) is 0 Å². The SMILES string of the molecule is COC(=O)C(NC(=O)C1CCN(S(C)(=O)=O)CC1)C(C)C. The zero-order valence-corrected chi connectivity index (χ0v) is 13.8. The number of hydrogen-bond acceptors (Lipinski definition) is 5. The first-order chi connectivity index (χ1) is 9.66. The molecular weight excluding hydrogens is 296 g/mol. The third-order valence-electron chi connectivity index (χ3n) is 3.71. The second-order valence-electron chi connectivity index (χ2n) is 5.69. The average Bonchev–Trinajstić information content (AvgIpc) is 2.42. The maximum atomic E-state index is 12.2. The van der Waals surface area contributed by atoms with Gasteiger partial charge in [-0.15, -0.1) is 0 Å². The van der Waals surface area contributed by atoms with Crippen LogP contribution in [0, 0.1) is 11.8 Å². The summed E-state index contributed by atoms with van der Waals surface area (Å²) in [7, 11) is -1.92. The number of nitrogens with zero attached hydrogens (tertiary/aromatic N) is 1. The summed E-state index contributed by atoms with van der Waals surface area (Å²) < 4.78 is 28.9. The summed E-state index contributed by atoms with van der Waals surface area (Å²) in [6.07, 6.45) is 2.09. The van der Waals surface area contributed by atoms with Crippen molar-refractivity contribution in [1.82, 2.24) is 9.62 Å². The van der Waals surface area contributed by atoms with Crippen LogP contribution in [-0.2, 0) is 24.3 Å². The third kappa shape index (κ3) is 4.96. The van der Waals surface area contributed by atoms with E-state index < -0.39 is 22.0 Å². The maximum absolute atomic E-state index is 12.2. The first-order valence-corrected chi connectivity index (χ1v) is 8.85. The van der Waals surface area contributed by atoms with Crippen LogP contribution < -0.4 is 5.32 Å². The molecule has 1 aliphatic heterocycles. The van der Waals surface area contributed by atoms with E-state index in [1.165, 1.54) is 17.7 Å². The quantitative estimate of drug-likeness (QED) is 0.718. The summed E-state index contributed by atoms with van der Waals surface area (Å²) in [6, 6.07) is -0.671. The van der Waals surface area contributed by atoms with E-state index in [1.807, 2.05) is 13.8 Å². The molecule has 0 aromatic rings. The summed E-state index contributed by atoms with van der Waals surface area (Å²) in [5.41, 5.74) is 0. The van der Waals surface area contributed by atoms with Crippen LogP contribution >= 0.6 is 0 Å². The molecule has 1 saturated heterocycles. The second kappa shape index (κ2) is 7.22. The summed E-state index contributed by atoms with van der Waals surface area (Å²) in [6.45, 7) is 4.32. The molecule has 0 aromatic carbocycles. The molecule has 1 rings (SSSR count). The lowest BCUT2D eigenvalue weighted by Gasteiger charge is -2.30. The van der Waals surface area contributed by atoms with Crippen LogP contribution in [-0.4, -0.2) is 57.1 Å². The topological polar surface area (TPSA) is 92.8 Å². The van der Waals surface area contributed by atoms with Crippen LogP contribution in [0.1, 0.15) is 26.7 Å². The first kappa shape index (κ1) is 17.9. The highest BCUT2D eigenvalue weighted by atomic mass is 32.2. The highest BCUT2D eigenvalue weighted by Gasteiger charge is 2.32. The maximum Gasteiger partial charge on any atom is 0.328 e. The predicted octanol–water partition coefficient (Wildman–Crippen LogP) is -0.0282. The van der Waals surface area contributed by atoms with Gasteiger partial charge in [0.05, 0.1) is 13.4 Å². The smallest absolute Gasteiger partial charge is 0.328 e. The first-order valence-electron chi connectivity index (χ1n) is 7.00. The Morgan fingerprint density at radius 3 is 2.14 bits per heavy atom. The molecule has 1 N–H and O–H groups in total. The van der Waals surface area contributed by atoms with Crippen molar-refractivity contribution in [2.75, 3.05) is 26.5 Å². The number of methoxy groups -OCH3 is 1. The van der Waals surface area contributed by atoms with Crippen molar-refractivity contribution in [3.05, 3.63) is 0 Å². The van der Waals surface area contributed by atoms with Crippen molar-refractivity contribution in [3.63, 3.8) is 0 Å². The van der Waals surface area contributed by atoms with Crippen molar-refractivity contribution in [2.45, 2.75) is 32.7 Å². The zero-order valence-electron chi connectivity index (χ0n) is 13.0. The van der Waals surface area contributed by atoms with Gasteiger partial charge in [-0.05, 0) is 18.8 Å². The van der Waals surface area contributed by atoms with Gasteiger partial charge in [-0.1, -0.05) is 13.8 Å². The molecule has 1 atom stereocenters. The Bertz CT molecular complexity index is 481. The fraction of sp³-hybridized carbons (Fsp3) is 0.846. The molecule has 1 amide bonds. The number of carbonyl (C=O) groups excluding carboxylic acids is 2. The Balaban J connectivity index is 2.59. The molecule has 1 unspecified atom stereocenters. The normalized spacial score (nSPS) is 19.3. The van der Waals surface area contributed by atoms with E-state index in [9.17, 15) is 18.0 Å². The Hall–Kier alpha value is -1.15. The molecule has 8 heteroatoms. The van der Waals surface area contributed by atoms with Gasteiger partial charge in [0.15, 0.2) is 0 Å². The van der Waals surface area contributed by atoms with Gasteiger partial charge in [-0.2, -0.15) is 0 Å². The standard InChI is InChI=1S/C13H24N2O5S/c1-9(2)11(13(17)20-3)14-12(16)10-5-7-15(8-6-10)21(4,18)19/h9-11H,5-8H2,1-4H3,(H,14,16). The number of piperidine rings is 1. The number of hydrogen-bond donors (Lipinski definition) is 1. The average molecular weight is 320 g/mol. The predicted molar refractivity (Wildman–Crippen MR) is 77.9 cm³/mol. The molecule has 0 saturated carbocycles. The second-order valence-corrected chi connectivity index (χ2v) is 7.67. The van der Waals surface area contributed by atoms with E-state index in [-0.39, 0.29) is 17.7 Å². The van der Waals surface area contributed by atoms with Gasteiger partial charge in [0.1, 0.15) is 6.04 Å². The van der Waals surface area contributed by atoms with Gasteiger partial charge in [0.2, 0.25) is 15.9 Å². The van der Waals surface area contributed by atoms with E-state index in [0.717, 1.165) is 0 Å². The van der Waals surface area contributed by atoms with Gasteiger partial charge < -0.3 is 10.1 Å². The molecule has 7 nitrogen and oxygen atoms in total. The lowest BCUT2D eigenvalue weighted by atomic mass is 9.95. The van der Waals surface area contributed by atoms with Crippen LogP contribution in [0.3, 0.4) is 0 Å². The number of esters is 1. The molecule has 0 bridgehead atoms. The Morgan fingerprint density at radius 2 is 1.76 bits per heavy atom. The summed E-state index contributed by atoms with van der Waals surface area (Å²) in [5.74, 6) is -1.02. The number of amides is 1. The molecule has 1 heterocycles. The van der Waals surface area contributed by atoms with Gasteiger partial charge in [-0.25, -0.2) is 17.5 Å². The highest BCUT2D eigenvalue weighted by Crippen LogP contribution is 2.20. The number of carbonyl (C=O) groups is 2. The van der Waals surface area contributed by atoms with Gasteiger partial charge in [-0.3, -0.25) is 4.79 Å². The summed E-state index contributed by atoms with van der Waals surface area (Å²) >= 11 is 0. The van der Waals surface area contributed by atoms with Crippen LogP contribution in [0.4, 0.5) is 0 Å².